The highest BCUT2D eigenvalue weighted by molar-refractivity contribution is 4.55. The van der Waals surface area contributed by atoms with Crippen molar-refractivity contribution in [3.8, 4) is 0 Å². The number of rotatable bonds is 23. The summed E-state index contributed by atoms with van der Waals surface area (Å²) in [7, 11) is 1.68. The van der Waals surface area contributed by atoms with Crippen molar-refractivity contribution in [1.82, 2.24) is 0 Å². The van der Waals surface area contributed by atoms with Crippen LogP contribution in [-0.2, 0) is 18.9 Å². The fourth-order valence-electron chi connectivity index (χ4n) is 2.94. The topological polar surface area (TPSA) is 57.2 Å². The second-order valence-electron chi connectivity index (χ2n) is 7.23. The summed E-state index contributed by atoms with van der Waals surface area (Å²) in [5.74, 6) is 0. The molecule has 0 aliphatic heterocycles. The molecule has 0 aromatic heterocycles. The number of aliphatic hydroxyl groups excluding tert-OH is 1. The van der Waals surface area contributed by atoms with Gasteiger partial charge in [0, 0.05) is 13.7 Å². The quantitative estimate of drug-likeness (QED) is 0.255. The highest BCUT2D eigenvalue weighted by Crippen LogP contribution is 2.12. The van der Waals surface area contributed by atoms with Gasteiger partial charge in [-0.15, -0.1) is 0 Å². The second kappa shape index (κ2) is 23.8. The third-order valence-corrected chi connectivity index (χ3v) is 4.69. The standard InChI is InChI=1S/C22H46O5/c1-3-4-5-6-7-8-9-10-11-12-13-14-16-26-20-22(24-2)21-27-19-18-25-17-15-23/h22-23H,3-21H2,1-2H3. The summed E-state index contributed by atoms with van der Waals surface area (Å²) >= 11 is 0. The lowest BCUT2D eigenvalue weighted by atomic mass is 10.1. The van der Waals surface area contributed by atoms with E-state index < -0.39 is 0 Å². The van der Waals surface area contributed by atoms with Gasteiger partial charge in [-0.2, -0.15) is 0 Å². The molecule has 1 unspecified atom stereocenters. The Morgan fingerprint density at radius 3 is 1.59 bits per heavy atom. The van der Waals surface area contributed by atoms with Crippen molar-refractivity contribution in [3.05, 3.63) is 0 Å². The second-order valence-corrected chi connectivity index (χ2v) is 7.23. The zero-order chi connectivity index (χ0) is 19.8. The lowest BCUT2D eigenvalue weighted by molar-refractivity contribution is -0.0519. The molecule has 5 nitrogen and oxygen atoms in total. The summed E-state index contributed by atoms with van der Waals surface area (Å²) < 4.78 is 21.7. The predicted molar refractivity (Wildman–Crippen MR) is 111 cm³/mol. The van der Waals surface area contributed by atoms with Gasteiger partial charge in [-0.05, 0) is 6.42 Å². The van der Waals surface area contributed by atoms with Crippen LogP contribution in [0.3, 0.4) is 0 Å². The molecule has 0 aliphatic rings. The zero-order valence-electron chi connectivity index (χ0n) is 18.1. The van der Waals surface area contributed by atoms with Gasteiger partial charge < -0.3 is 24.1 Å². The van der Waals surface area contributed by atoms with Gasteiger partial charge in [0.25, 0.3) is 0 Å². The maximum Gasteiger partial charge on any atom is 0.104 e. The smallest absolute Gasteiger partial charge is 0.104 e. The molecule has 0 radical (unpaired) electrons. The molecule has 0 saturated heterocycles. The molecule has 0 aromatic carbocycles. The van der Waals surface area contributed by atoms with Gasteiger partial charge in [-0.3, -0.25) is 0 Å². The Balaban J connectivity index is 3.22. The summed E-state index contributed by atoms with van der Waals surface area (Å²) in [5.41, 5.74) is 0. The first-order valence-corrected chi connectivity index (χ1v) is 11.2. The van der Waals surface area contributed by atoms with Crippen LogP contribution < -0.4 is 0 Å². The molecule has 0 saturated carbocycles. The van der Waals surface area contributed by atoms with Gasteiger partial charge in [-0.25, -0.2) is 0 Å². The molecule has 5 heteroatoms. The number of hydrogen-bond acceptors (Lipinski definition) is 5. The molecule has 0 aliphatic carbocycles. The molecule has 1 N–H and O–H groups in total. The molecule has 164 valence electrons. The molecule has 0 heterocycles. The molecule has 0 bridgehead atoms. The number of aliphatic hydroxyl groups is 1. The van der Waals surface area contributed by atoms with E-state index >= 15 is 0 Å². The average molecular weight is 391 g/mol. The molecular weight excluding hydrogens is 344 g/mol. The van der Waals surface area contributed by atoms with Gasteiger partial charge >= 0.3 is 0 Å². The Morgan fingerprint density at radius 1 is 0.593 bits per heavy atom. The fourth-order valence-corrected chi connectivity index (χ4v) is 2.94. The molecule has 0 amide bonds. The van der Waals surface area contributed by atoms with E-state index in [1.165, 1.54) is 70.6 Å². The van der Waals surface area contributed by atoms with Crippen LogP contribution in [0.15, 0.2) is 0 Å². The van der Waals surface area contributed by atoms with Crippen molar-refractivity contribution < 1.29 is 24.1 Å². The van der Waals surface area contributed by atoms with Gasteiger partial charge in [0.05, 0.1) is 39.6 Å². The van der Waals surface area contributed by atoms with Crippen molar-refractivity contribution in [2.24, 2.45) is 0 Å². The summed E-state index contributed by atoms with van der Waals surface area (Å²) in [6.45, 7) is 5.58. The molecule has 27 heavy (non-hydrogen) atoms. The largest absolute Gasteiger partial charge is 0.394 e. The Labute approximate surface area is 168 Å². The van der Waals surface area contributed by atoms with Gasteiger partial charge in [-0.1, -0.05) is 77.6 Å². The minimum absolute atomic E-state index is 0.0276. The van der Waals surface area contributed by atoms with Crippen LogP contribution in [0.4, 0.5) is 0 Å². The first-order valence-electron chi connectivity index (χ1n) is 11.2. The Kier molecular flexibility index (Phi) is 23.7. The summed E-state index contributed by atoms with van der Waals surface area (Å²) in [6, 6.07) is 0. The van der Waals surface area contributed by atoms with E-state index in [1.807, 2.05) is 0 Å². The first-order chi connectivity index (χ1) is 13.3. The summed E-state index contributed by atoms with van der Waals surface area (Å²) in [6.07, 6.45) is 16.3. The van der Waals surface area contributed by atoms with Crippen molar-refractivity contribution in [2.75, 3.05) is 53.4 Å². The molecule has 0 fully saturated rings. The van der Waals surface area contributed by atoms with Gasteiger partial charge in [0.2, 0.25) is 0 Å². The van der Waals surface area contributed by atoms with Gasteiger partial charge in [0.15, 0.2) is 0 Å². The van der Waals surface area contributed by atoms with Crippen LogP contribution in [0, 0.1) is 0 Å². The van der Waals surface area contributed by atoms with E-state index in [-0.39, 0.29) is 12.7 Å². The minimum atomic E-state index is -0.0276. The van der Waals surface area contributed by atoms with E-state index in [4.69, 9.17) is 24.1 Å². The van der Waals surface area contributed by atoms with Crippen LogP contribution in [0.5, 0.6) is 0 Å². The predicted octanol–water partition coefficient (Wildman–Crippen LogP) is 4.74. The number of unbranched alkanes of at least 4 members (excludes halogenated alkanes) is 11. The number of methoxy groups -OCH3 is 1. The van der Waals surface area contributed by atoms with Crippen molar-refractivity contribution in [2.45, 2.75) is 90.1 Å². The highest BCUT2D eigenvalue weighted by atomic mass is 16.6. The molecule has 0 aromatic rings. The molecule has 0 rings (SSSR count). The average Bonchev–Trinajstić information content (AvgIpc) is 2.69. The van der Waals surface area contributed by atoms with Crippen LogP contribution in [0.1, 0.15) is 84.0 Å². The van der Waals surface area contributed by atoms with Gasteiger partial charge in [0.1, 0.15) is 6.10 Å². The maximum atomic E-state index is 8.60. The molecular formula is C22H46O5. The third kappa shape index (κ3) is 22.0. The Hall–Kier alpha value is -0.200. The van der Waals surface area contributed by atoms with E-state index in [2.05, 4.69) is 6.92 Å². The van der Waals surface area contributed by atoms with Crippen LogP contribution in [0.2, 0.25) is 0 Å². The zero-order valence-corrected chi connectivity index (χ0v) is 18.1. The summed E-state index contributed by atoms with van der Waals surface area (Å²) in [4.78, 5) is 0. The Bertz CT molecular complexity index is 263. The monoisotopic (exact) mass is 390 g/mol. The Morgan fingerprint density at radius 2 is 1.07 bits per heavy atom. The van der Waals surface area contributed by atoms with E-state index in [1.54, 1.807) is 7.11 Å². The highest BCUT2D eigenvalue weighted by Gasteiger charge is 2.07. The van der Waals surface area contributed by atoms with Crippen LogP contribution >= 0.6 is 0 Å². The lowest BCUT2D eigenvalue weighted by Crippen LogP contribution is -2.25. The van der Waals surface area contributed by atoms with Crippen LogP contribution in [-0.4, -0.2) is 64.6 Å². The van der Waals surface area contributed by atoms with Crippen molar-refractivity contribution in [3.63, 3.8) is 0 Å². The third-order valence-electron chi connectivity index (χ3n) is 4.69. The molecule has 0 spiro atoms. The maximum absolute atomic E-state index is 8.60. The lowest BCUT2D eigenvalue weighted by Gasteiger charge is -2.16. The van der Waals surface area contributed by atoms with Crippen molar-refractivity contribution >= 4 is 0 Å². The first kappa shape index (κ1) is 26.8. The van der Waals surface area contributed by atoms with Crippen molar-refractivity contribution in [1.29, 1.82) is 0 Å². The number of hydrogen-bond donors (Lipinski definition) is 1. The van der Waals surface area contributed by atoms with E-state index in [0.29, 0.717) is 33.0 Å². The number of ether oxygens (including phenoxy) is 4. The SMILES string of the molecule is CCCCCCCCCCCCCCOCC(COCCOCCO)OC. The minimum Gasteiger partial charge on any atom is -0.394 e. The fraction of sp³-hybridized carbons (Fsp3) is 1.00. The molecule has 1 atom stereocenters. The normalized spacial score (nSPS) is 12.6. The summed E-state index contributed by atoms with van der Waals surface area (Å²) in [5, 5.41) is 8.60. The van der Waals surface area contributed by atoms with Crippen LogP contribution in [0.25, 0.3) is 0 Å². The van der Waals surface area contributed by atoms with E-state index in [9.17, 15) is 0 Å². The van der Waals surface area contributed by atoms with E-state index in [0.717, 1.165) is 13.0 Å².